The van der Waals surface area contributed by atoms with Crippen molar-refractivity contribution in [2.24, 2.45) is 0 Å². The molecule has 3 aromatic rings. The van der Waals surface area contributed by atoms with Gasteiger partial charge in [-0.2, -0.15) is 0 Å². The first-order chi connectivity index (χ1) is 15.3. The number of ether oxygens (including phenoxy) is 1. The summed E-state index contributed by atoms with van der Waals surface area (Å²) in [5.74, 6) is -0.297. The number of amides is 2. The van der Waals surface area contributed by atoms with Gasteiger partial charge in [-0.15, -0.1) is 0 Å². The second-order valence-corrected chi connectivity index (χ2v) is 7.97. The summed E-state index contributed by atoms with van der Waals surface area (Å²) in [7, 11) is 1.51. The van der Waals surface area contributed by atoms with Gasteiger partial charge in [-0.05, 0) is 67.2 Å². The Morgan fingerprint density at radius 1 is 0.875 bits per heavy atom. The highest BCUT2D eigenvalue weighted by Gasteiger charge is 2.15. The van der Waals surface area contributed by atoms with Crippen molar-refractivity contribution in [3.05, 3.63) is 87.4 Å². The van der Waals surface area contributed by atoms with Crippen LogP contribution in [0.3, 0.4) is 0 Å². The maximum atomic E-state index is 12.6. The van der Waals surface area contributed by atoms with Crippen LogP contribution >= 0.6 is 35.4 Å². The summed E-state index contributed by atoms with van der Waals surface area (Å²) >= 11 is 17.2. The molecule has 0 spiro atoms. The van der Waals surface area contributed by atoms with Gasteiger partial charge in [0.25, 0.3) is 11.8 Å². The van der Waals surface area contributed by atoms with Gasteiger partial charge in [0, 0.05) is 16.4 Å². The average molecular weight is 488 g/mol. The van der Waals surface area contributed by atoms with Crippen molar-refractivity contribution in [1.82, 2.24) is 5.32 Å². The minimum Gasteiger partial charge on any atom is -0.496 e. The summed E-state index contributed by atoms with van der Waals surface area (Å²) in [6.45, 7) is 1.85. The predicted molar refractivity (Wildman–Crippen MR) is 132 cm³/mol. The van der Waals surface area contributed by atoms with Gasteiger partial charge in [0.05, 0.1) is 23.3 Å². The Hall–Kier alpha value is -3.13. The van der Waals surface area contributed by atoms with Crippen LogP contribution in [0.2, 0.25) is 10.0 Å². The van der Waals surface area contributed by atoms with Crippen molar-refractivity contribution >= 4 is 63.7 Å². The largest absolute Gasteiger partial charge is 0.496 e. The molecule has 3 N–H and O–H groups in total. The number of carbonyl (C=O) groups is 2. The van der Waals surface area contributed by atoms with E-state index in [1.54, 1.807) is 48.5 Å². The molecule has 0 bridgehead atoms. The number of hydrogen-bond acceptors (Lipinski definition) is 4. The maximum Gasteiger partial charge on any atom is 0.261 e. The van der Waals surface area contributed by atoms with Gasteiger partial charge in [0.2, 0.25) is 0 Å². The number of carbonyl (C=O) groups excluding carboxylic acids is 2. The standard InChI is InChI=1S/C23H19Cl2N3O3S/c1-13-5-3-8-18(20(13)31-2)22(30)28-23(32)27-16-7-4-6-15(12-16)26-21(29)17-10-9-14(24)11-19(17)25/h3-12H,1-2H3,(H,26,29)(H2,27,28,30,32). The van der Waals surface area contributed by atoms with E-state index in [4.69, 9.17) is 40.2 Å². The fraction of sp³-hybridized carbons (Fsp3) is 0.0870. The Balaban J connectivity index is 1.67. The molecule has 0 fully saturated rings. The molecule has 3 aromatic carbocycles. The summed E-state index contributed by atoms with van der Waals surface area (Å²) in [5.41, 5.74) is 2.59. The Morgan fingerprint density at radius 3 is 2.25 bits per heavy atom. The number of benzene rings is 3. The van der Waals surface area contributed by atoms with Gasteiger partial charge in [-0.1, -0.05) is 41.4 Å². The topological polar surface area (TPSA) is 79.5 Å². The lowest BCUT2D eigenvalue weighted by Crippen LogP contribution is -2.34. The minimum atomic E-state index is -0.398. The fourth-order valence-corrected chi connectivity index (χ4v) is 3.69. The normalized spacial score (nSPS) is 10.2. The molecule has 0 aromatic heterocycles. The average Bonchev–Trinajstić information content (AvgIpc) is 2.73. The molecule has 6 nitrogen and oxygen atoms in total. The molecule has 0 unspecified atom stereocenters. The second kappa shape index (κ2) is 10.5. The highest BCUT2D eigenvalue weighted by atomic mass is 35.5. The van der Waals surface area contributed by atoms with Gasteiger partial charge in [0.1, 0.15) is 5.75 Å². The van der Waals surface area contributed by atoms with Crippen LogP contribution in [-0.2, 0) is 0 Å². The first kappa shape index (κ1) is 23.5. The van der Waals surface area contributed by atoms with Crippen molar-refractivity contribution in [3.8, 4) is 5.75 Å². The van der Waals surface area contributed by atoms with E-state index in [0.717, 1.165) is 5.56 Å². The van der Waals surface area contributed by atoms with E-state index in [0.29, 0.717) is 33.3 Å². The van der Waals surface area contributed by atoms with Crippen molar-refractivity contribution in [1.29, 1.82) is 0 Å². The maximum absolute atomic E-state index is 12.6. The van der Waals surface area contributed by atoms with Crippen LogP contribution in [0, 0.1) is 6.92 Å². The SMILES string of the molecule is COc1c(C)cccc1C(=O)NC(=S)Nc1cccc(NC(=O)c2ccc(Cl)cc2Cl)c1. The van der Waals surface area contributed by atoms with Crippen LogP contribution < -0.4 is 20.7 Å². The number of hydrogen-bond donors (Lipinski definition) is 3. The van der Waals surface area contributed by atoms with E-state index in [1.807, 2.05) is 13.0 Å². The summed E-state index contributed by atoms with van der Waals surface area (Å²) in [6, 6.07) is 16.8. The third-order valence-corrected chi connectivity index (χ3v) is 5.19. The number of rotatable bonds is 5. The van der Waals surface area contributed by atoms with Gasteiger partial charge >= 0.3 is 0 Å². The van der Waals surface area contributed by atoms with Gasteiger partial charge in [-0.3, -0.25) is 14.9 Å². The first-order valence-corrected chi connectivity index (χ1v) is 10.6. The Kier molecular flexibility index (Phi) is 7.69. The van der Waals surface area contributed by atoms with Crippen LogP contribution in [0.1, 0.15) is 26.3 Å². The van der Waals surface area contributed by atoms with Crippen molar-refractivity contribution in [3.63, 3.8) is 0 Å². The highest BCUT2D eigenvalue weighted by Crippen LogP contribution is 2.24. The zero-order valence-corrected chi connectivity index (χ0v) is 19.5. The van der Waals surface area contributed by atoms with E-state index in [2.05, 4.69) is 16.0 Å². The van der Waals surface area contributed by atoms with Gasteiger partial charge in [0.15, 0.2) is 5.11 Å². The number of thiocarbonyl (C=S) groups is 1. The lowest BCUT2D eigenvalue weighted by atomic mass is 10.1. The third kappa shape index (κ3) is 5.76. The predicted octanol–water partition coefficient (Wildman–Crippen LogP) is 5.69. The second-order valence-electron chi connectivity index (χ2n) is 6.72. The summed E-state index contributed by atoms with van der Waals surface area (Å²) < 4.78 is 5.32. The molecule has 0 heterocycles. The number of methoxy groups -OCH3 is 1. The van der Waals surface area contributed by atoms with Crippen LogP contribution in [0.5, 0.6) is 5.75 Å². The fourth-order valence-electron chi connectivity index (χ4n) is 2.98. The van der Waals surface area contributed by atoms with E-state index >= 15 is 0 Å². The Morgan fingerprint density at radius 2 is 1.56 bits per heavy atom. The van der Waals surface area contributed by atoms with Crippen LogP contribution in [0.25, 0.3) is 0 Å². The molecular weight excluding hydrogens is 469 g/mol. The molecule has 0 radical (unpaired) electrons. The van der Waals surface area contributed by atoms with Gasteiger partial charge in [-0.25, -0.2) is 0 Å². The number of para-hydroxylation sites is 1. The summed E-state index contributed by atoms with van der Waals surface area (Å²) in [4.78, 5) is 25.1. The smallest absolute Gasteiger partial charge is 0.261 e. The molecule has 32 heavy (non-hydrogen) atoms. The van der Waals surface area contributed by atoms with Crippen LogP contribution in [-0.4, -0.2) is 24.0 Å². The molecular formula is C23H19Cl2N3O3S. The third-order valence-electron chi connectivity index (χ3n) is 4.44. The molecule has 0 aliphatic heterocycles. The van der Waals surface area contributed by atoms with Crippen molar-refractivity contribution in [2.45, 2.75) is 6.92 Å². The number of nitrogens with one attached hydrogen (secondary N) is 3. The zero-order chi connectivity index (χ0) is 23.3. The first-order valence-electron chi connectivity index (χ1n) is 9.41. The minimum absolute atomic E-state index is 0.0998. The quantitative estimate of drug-likeness (QED) is 0.402. The van der Waals surface area contributed by atoms with E-state index < -0.39 is 5.91 Å². The zero-order valence-electron chi connectivity index (χ0n) is 17.2. The van der Waals surface area contributed by atoms with Gasteiger partial charge < -0.3 is 15.4 Å². The Labute approximate surface area is 200 Å². The molecule has 2 amide bonds. The van der Waals surface area contributed by atoms with Crippen LogP contribution in [0.15, 0.2) is 60.7 Å². The summed E-state index contributed by atoms with van der Waals surface area (Å²) in [5, 5.41) is 9.12. The number of aryl methyl sites for hydroxylation is 1. The van der Waals surface area contributed by atoms with Crippen LogP contribution in [0.4, 0.5) is 11.4 Å². The highest BCUT2D eigenvalue weighted by molar-refractivity contribution is 7.80. The number of halogens is 2. The summed E-state index contributed by atoms with van der Waals surface area (Å²) in [6.07, 6.45) is 0. The molecule has 0 saturated heterocycles. The van der Waals surface area contributed by atoms with E-state index in [-0.39, 0.29) is 16.0 Å². The molecule has 0 aliphatic carbocycles. The van der Waals surface area contributed by atoms with E-state index in [1.165, 1.54) is 13.2 Å². The molecule has 164 valence electrons. The molecule has 0 saturated carbocycles. The lowest BCUT2D eigenvalue weighted by Gasteiger charge is -2.14. The van der Waals surface area contributed by atoms with Crippen molar-refractivity contribution < 1.29 is 14.3 Å². The lowest BCUT2D eigenvalue weighted by molar-refractivity contribution is 0.0973. The molecule has 9 heteroatoms. The van der Waals surface area contributed by atoms with E-state index in [9.17, 15) is 9.59 Å². The number of anilines is 2. The molecule has 0 aliphatic rings. The molecule has 3 rings (SSSR count). The molecule has 0 atom stereocenters. The monoisotopic (exact) mass is 487 g/mol. The Bertz CT molecular complexity index is 1200. The van der Waals surface area contributed by atoms with Crippen molar-refractivity contribution in [2.75, 3.05) is 17.7 Å².